The van der Waals surface area contributed by atoms with Crippen molar-refractivity contribution >= 4 is 17.2 Å². The number of hydrogen-bond acceptors (Lipinski definition) is 4. The molecule has 3 rings (SSSR count). The molecule has 1 heterocycles. The maximum Gasteiger partial charge on any atom is 0.265 e. The Morgan fingerprint density at radius 3 is 2.48 bits per heavy atom. The van der Waals surface area contributed by atoms with E-state index in [-0.39, 0.29) is 5.91 Å². The third kappa shape index (κ3) is 3.76. The Hall–Kier alpha value is -2.97. The van der Waals surface area contributed by atoms with Gasteiger partial charge in [0.25, 0.3) is 5.91 Å². The number of carbonyl (C=O) groups is 1. The first kappa shape index (κ1) is 16.9. The second-order valence-electron chi connectivity index (χ2n) is 5.77. The molecular weight excluding hydrogens is 330 g/mol. The number of hydrogen-bond donors (Lipinski definition) is 0. The van der Waals surface area contributed by atoms with E-state index < -0.39 is 0 Å². The van der Waals surface area contributed by atoms with E-state index in [2.05, 4.69) is 11.1 Å². The van der Waals surface area contributed by atoms with Crippen LogP contribution in [0.1, 0.15) is 26.5 Å². The van der Waals surface area contributed by atoms with Crippen molar-refractivity contribution in [3.05, 3.63) is 76.3 Å². The third-order valence-electron chi connectivity index (χ3n) is 3.86. The van der Waals surface area contributed by atoms with Gasteiger partial charge in [0.05, 0.1) is 17.3 Å². The Balaban J connectivity index is 1.78. The van der Waals surface area contributed by atoms with Gasteiger partial charge in [-0.15, -0.1) is 11.3 Å². The second kappa shape index (κ2) is 7.29. The van der Waals surface area contributed by atoms with Crippen LogP contribution >= 0.6 is 11.3 Å². The Kier molecular flexibility index (Phi) is 4.92. The van der Waals surface area contributed by atoms with Crippen LogP contribution in [0.4, 0.5) is 0 Å². The van der Waals surface area contributed by atoms with Gasteiger partial charge in [-0.05, 0) is 24.6 Å². The smallest absolute Gasteiger partial charge is 0.265 e. The maximum absolute atomic E-state index is 12.8. The monoisotopic (exact) mass is 347 g/mol. The van der Waals surface area contributed by atoms with Crippen molar-refractivity contribution in [2.45, 2.75) is 13.5 Å². The number of benzene rings is 2. The van der Waals surface area contributed by atoms with Gasteiger partial charge in [-0.1, -0.05) is 42.5 Å². The lowest BCUT2D eigenvalue weighted by Crippen LogP contribution is -2.26. The number of nitriles is 1. The number of thiazole rings is 1. The van der Waals surface area contributed by atoms with Crippen molar-refractivity contribution < 1.29 is 4.79 Å². The normalized spacial score (nSPS) is 10.3. The van der Waals surface area contributed by atoms with E-state index in [0.717, 1.165) is 21.8 Å². The predicted octanol–water partition coefficient (Wildman–Crippen LogP) is 4.26. The fourth-order valence-corrected chi connectivity index (χ4v) is 3.57. The van der Waals surface area contributed by atoms with E-state index in [0.29, 0.717) is 17.0 Å². The molecular formula is C20H17N3OS. The molecule has 2 aromatic carbocycles. The molecule has 0 radical (unpaired) electrons. The van der Waals surface area contributed by atoms with Crippen LogP contribution in [-0.4, -0.2) is 22.8 Å². The lowest BCUT2D eigenvalue weighted by atomic mass is 10.1. The molecule has 0 aliphatic rings. The molecule has 5 heteroatoms. The van der Waals surface area contributed by atoms with Gasteiger partial charge in [0.15, 0.2) is 0 Å². The topological polar surface area (TPSA) is 57.0 Å². The summed E-state index contributed by atoms with van der Waals surface area (Å²) in [6.07, 6.45) is 0. The van der Waals surface area contributed by atoms with Gasteiger partial charge in [-0.2, -0.15) is 5.26 Å². The summed E-state index contributed by atoms with van der Waals surface area (Å²) in [5.41, 5.74) is 3.37. The molecule has 0 aliphatic carbocycles. The minimum absolute atomic E-state index is 0.0402. The number of nitrogens with zero attached hydrogens (tertiary/aromatic N) is 3. The first-order chi connectivity index (χ1) is 12.1. The zero-order valence-corrected chi connectivity index (χ0v) is 14.9. The summed E-state index contributed by atoms with van der Waals surface area (Å²) in [7, 11) is 1.78. The molecule has 0 unspecified atom stereocenters. The Labute approximate surface area is 151 Å². The summed E-state index contributed by atoms with van der Waals surface area (Å²) in [5.74, 6) is -0.0402. The van der Waals surface area contributed by atoms with E-state index in [1.54, 1.807) is 24.1 Å². The van der Waals surface area contributed by atoms with E-state index in [1.807, 2.05) is 49.4 Å². The first-order valence-corrected chi connectivity index (χ1v) is 8.67. The van der Waals surface area contributed by atoms with Gasteiger partial charge < -0.3 is 4.90 Å². The molecule has 0 aliphatic heterocycles. The fraction of sp³-hybridized carbons (Fsp3) is 0.150. The van der Waals surface area contributed by atoms with E-state index >= 15 is 0 Å². The lowest BCUT2D eigenvalue weighted by Gasteiger charge is -2.16. The van der Waals surface area contributed by atoms with Crippen molar-refractivity contribution in [1.29, 1.82) is 5.26 Å². The van der Waals surface area contributed by atoms with Gasteiger partial charge in [0.2, 0.25) is 0 Å². The van der Waals surface area contributed by atoms with Crippen LogP contribution in [0.5, 0.6) is 0 Å². The Bertz CT molecular complexity index is 924. The largest absolute Gasteiger partial charge is 0.337 e. The van der Waals surface area contributed by atoms with Crippen molar-refractivity contribution in [3.63, 3.8) is 0 Å². The van der Waals surface area contributed by atoms with Gasteiger partial charge in [0, 0.05) is 19.2 Å². The van der Waals surface area contributed by atoms with E-state index in [4.69, 9.17) is 5.26 Å². The minimum Gasteiger partial charge on any atom is -0.337 e. The molecule has 0 atom stereocenters. The SMILES string of the molecule is Cc1nc(-c2ccccc2)sc1C(=O)N(C)Cc1ccc(C#N)cc1. The molecule has 1 amide bonds. The summed E-state index contributed by atoms with van der Waals surface area (Å²) in [5, 5.41) is 9.71. The summed E-state index contributed by atoms with van der Waals surface area (Å²) >= 11 is 1.42. The highest BCUT2D eigenvalue weighted by Crippen LogP contribution is 2.28. The third-order valence-corrected chi connectivity index (χ3v) is 5.06. The van der Waals surface area contributed by atoms with Crippen molar-refractivity contribution in [2.75, 3.05) is 7.05 Å². The van der Waals surface area contributed by atoms with Crippen LogP contribution in [0.15, 0.2) is 54.6 Å². The summed E-state index contributed by atoms with van der Waals surface area (Å²) in [6, 6.07) is 19.2. The molecule has 1 aromatic heterocycles. The van der Waals surface area contributed by atoms with E-state index in [9.17, 15) is 4.79 Å². The van der Waals surface area contributed by atoms with Crippen LogP contribution in [0, 0.1) is 18.3 Å². The Morgan fingerprint density at radius 1 is 1.16 bits per heavy atom. The van der Waals surface area contributed by atoms with Crippen LogP contribution in [0.3, 0.4) is 0 Å². The zero-order chi connectivity index (χ0) is 17.8. The van der Waals surface area contributed by atoms with Gasteiger partial charge >= 0.3 is 0 Å². The number of carbonyl (C=O) groups excluding carboxylic acids is 1. The summed E-state index contributed by atoms with van der Waals surface area (Å²) < 4.78 is 0. The molecule has 4 nitrogen and oxygen atoms in total. The molecule has 3 aromatic rings. The van der Waals surface area contributed by atoms with Crippen LogP contribution < -0.4 is 0 Å². The lowest BCUT2D eigenvalue weighted by molar-refractivity contribution is 0.0789. The van der Waals surface area contributed by atoms with Crippen LogP contribution in [-0.2, 0) is 6.54 Å². The van der Waals surface area contributed by atoms with Gasteiger partial charge in [0.1, 0.15) is 9.88 Å². The molecule has 0 saturated carbocycles. The fourth-order valence-electron chi connectivity index (χ4n) is 2.50. The zero-order valence-electron chi connectivity index (χ0n) is 14.1. The highest BCUT2D eigenvalue weighted by Gasteiger charge is 2.19. The standard InChI is InChI=1S/C20H17N3OS/c1-14-18(25-19(22-14)17-6-4-3-5-7-17)20(24)23(2)13-16-10-8-15(12-21)9-11-16/h3-11H,13H2,1-2H3. The average molecular weight is 347 g/mol. The van der Waals surface area contributed by atoms with Gasteiger partial charge in [-0.25, -0.2) is 4.98 Å². The highest BCUT2D eigenvalue weighted by molar-refractivity contribution is 7.17. The number of rotatable bonds is 4. The molecule has 0 fully saturated rings. The average Bonchev–Trinajstić information content (AvgIpc) is 3.04. The van der Waals surface area contributed by atoms with Crippen molar-refractivity contribution in [1.82, 2.24) is 9.88 Å². The quantitative estimate of drug-likeness (QED) is 0.708. The number of aryl methyl sites for hydroxylation is 1. The molecule has 0 bridgehead atoms. The highest BCUT2D eigenvalue weighted by atomic mass is 32.1. The van der Waals surface area contributed by atoms with Crippen LogP contribution in [0.2, 0.25) is 0 Å². The molecule has 0 spiro atoms. The Morgan fingerprint density at radius 2 is 1.84 bits per heavy atom. The van der Waals surface area contributed by atoms with Gasteiger partial charge in [-0.3, -0.25) is 4.79 Å². The number of amides is 1. The van der Waals surface area contributed by atoms with E-state index in [1.165, 1.54) is 11.3 Å². The molecule has 25 heavy (non-hydrogen) atoms. The maximum atomic E-state index is 12.8. The number of aromatic nitrogens is 1. The minimum atomic E-state index is -0.0402. The summed E-state index contributed by atoms with van der Waals surface area (Å²) in [4.78, 5) is 19.7. The van der Waals surface area contributed by atoms with Crippen LogP contribution in [0.25, 0.3) is 10.6 Å². The predicted molar refractivity (Wildman–Crippen MR) is 99.2 cm³/mol. The van der Waals surface area contributed by atoms with Crippen molar-refractivity contribution in [3.8, 4) is 16.6 Å². The second-order valence-corrected chi connectivity index (χ2v) is 6.77. The van der Waals surface area contributed by atoms with Crippen molar-refractivity contribution in [2.24, 2.45) is 0 Å². The molecule has 0 N–H and O–H groups in total. The summed E-state index contributed by atoms with van der Waals surface area (Å²) in [6.45, 7) is 2.36. The first-order valence-electron chi connectivity index (χ1n) is 7.86. The molecule has 124 valence electrons. The molecule has 0 saturated heterocycles.